The lowest BCUT2D eigenvalue weighted by Crippen LogP contribution is -2.23. The fourth-order valence-corrected chi connectivity index (χ4v) is 3.33. The Kier molecular flexibility index (Phi) is 7.57. The minimum Gasteiger partial charge on any atom is -0.493 e. The van der Waals surface area contributed by atoms with E-state index in [9.17, 15) is 4.79 Å². The summed E-state index contributed by atoms with van der Waals surface area (Å²) in [6.45, 7) is 11.9. The van der Waals surface area contributed by atoms with Gasteiger partial charge in [0.15, 0.2) is 0 Å². The van der Waals surface area contributed by atoms with Gasteiger partial charge in [0.05, 0.1) is 6.61 Å². The predicted molar refractivity (Wildman–Crippen MR) is 129 cm³/mol. The van der Waals surface area contributed by atoms with E-state index in [0.717, 1.165) is 22.6 Å². The SMILES string of the molecule is CCOc1ccc(C(=O)NCc2ccc(C)cc2)cc1COc1ccc(C(C)(C)C)cc1. The summed E-state index contributed by atoms with van der Waals surface area (Å²) in [6.07, 6.45) is 0. The number of ether oxygens (including phenoxy) is 2. The topological polar surface area (TPSA) is 47.6 Å². The van der Waals surface area contributed by atoms with Crippen LogP contribution >= 0.6 is 0 Å². The minimum absolute atomic E-state index is 0.0982. The Balaban J connectivity index is 1.69. The van der Waals surface area contributed by atoms with Gasteiger partial charge in [-0.15, -0.1) is 0 Å². The quantitative estimate of drug-likeness (QED) is 0.462. The Labute approximate surface area is 191 Å². The monoisotopic (exact) mass is 431 g/mol. The minimum atomic E-state index is -0.121. The Bertz CT molecular complexity index is 1030. The molecular weight excluding hydrogens is 398 g/mol. The first-order valence-corrected chi connectivity index (χ1v) is 11.1. The van der Waals surface area contributed by atoms with E-state index in [2.05, 4.69) is 38.2 Å². The van der Waals surface area contributed by atoms with Crippen molar-refractivity contribution in [2.45, 2.75) is 53.2 Å². The van der Waals surface area contributed by atoms with E-state index in [4.69, 9.17) is 9.47 Å². The maximum Gasteiger partial charge on any atom is 0.251 e. The van der Waals surface area contributed by atoms with Crippen molar-refractivity contribution in [1.82, 2.24) is 5.32 Å². The van der Waals surface area contributed by atoms with Gasteiger partial charge in [0.1, 0.15) is 18.1 Å². The summed E-state index contributed by atoms with van der Waals surface area (Å²) < 4.78 is 11.8. The predicted octanol–water partition coefficient (Wildman–Crippen LogP) is 6.20. The first-order chi connectivity index (χ1) is 15.3. The second-order valence-electron chi connectivity index (χ2n) is 8.99. The van der Waals surface area contributed by atoms with Crippen LogP contribution in [-0.4, -0.2) is 12.5 Å². The third-order valence-corrected chi connectivity index (χ3v) is 5.31. The van der Waals surface area contributed by atoms with Gasteiger partial charge in [-0.1, -0.05) is 62.7 Å². The van der Waals surface area contributed by atoms with E-state index in [-0.39, 0.29) is 11.3 Å². The summed E-state index contributed by atoms with van der Waals surface area (Å²) in [5.74, 6) is 1.40. The molecule has 0 atom stereocenters. The molecule has 4 heteroatoms. The van der Waals surface area contributed by atoms with Crippen molar-refractivity contribution in [3.8, 4) is 11.5 Å². The number of hydrogen-bond donors (Lipinski definition) is 1. The largest absolute Gasteiger partial charge is 0.493 e. The normalized spacial score (nSPS) is 11.2. The van der Waals surface area contributed by atoms with Crippen molar-refractivity contribution in [3.05, 3.63) is 94.5 Å². The van der Waals surface area contributed by atoms with E-state index >= 15 is 0 Å². The summed E-state index contributed by atoms with van der Waals surface area (Å²) in [5.41, 5.74) is 5.05. The number of hydrogen-bond acceptors (Lipinski definition) is 3. The summed E-state index contributed by atoms with van der Waals surface area (Å²) >= 11 is 0. The van der Waals surface area contributed by atoms with Crippen LogP contribution < -0.4 is 14.8 Å². The number of amides is 1. The van der Waals surface area contributed by atoms with Crippen molar-refractivity contribution in [3.63, 3.8) is 0 Å². The number of carbonyl (C=O) groups excluding carboxylic acids is 1. The lowest BCUT2D eigenvalue weighted by molar-refractivity contribution is 0.0950. The number of nitrogens with one attached hydrogen (secondary N) is 1. The van der Waals surface area contributed by atoms with Crippen molar-refractivity contribution < 1.29 is 14.3 Å². The molecule has 0 saturated carbocycles. The van der Waals surface area contributed by atoms with E-state index in [1.54, 1.807) is 6.07 Å². The number of benzene rings is 3. The van der Waals surface area contributed by atoms with Crippen LogP contribution in [0.25, 0.3) is 0 Å². The molecule has 0 bridgehead atoms. The van der Waals surface area contributed by atoms with Crippen LogP contribution in [0.2, 0.25) is 0 Å². The average molecular weight is 432 g/mol. The van der Waals surface area contributed by atoms with Crippen LogP contribution in [0, 0.1) is 6.92 Å². The van der Waals surface area contributed by atoms with Crippen molar-refractivity contribution >= 4 is 5.91 Å². The number of aryl methyl sites for hydroxylation is 1. The van der Waals surface area contributed by atoms with Gasteiger partial charge >= 0.3 is 0 Å². The third kappa shape index (κ3) is 6.36. The third-order valence-electron chi connectivity index (χ3n) is 5.31. The zero-order valence-corrected chi connectivity index (χ0v) is 19.7. The Morgan fingerprint density at radius 2 is 1.59 bits per heavy atom. The first kappa shape index (κ1) is 23.4. The van der Waals surface area contributed by atoms with Crippen LogP contribution in [0.5, 0.6) is 11.5 Å². The Morgan fingerprint density at radius 3 is 2.22 bits per heavy atom. The summed E-state index contributed by atoms with van der Waals surface area (Å²) in [4.78, 5) is 12.7. The maximum absolute atomic E-state index is 12.7. The van der Waals surface area contributed by atoms with Gasteiger partial charge in [0, 0.05) is 17.7 Å². The van der Waals surface area contributed by atoms with Crippen molar-refractivity contribution in [1.29, 1.82) is 0 Å². The molecule has 0 radical (unpaired) electrons. The van der Waals surface area contributed by atoms with E-state index in [1.165, 1.54) is 11.1 Å². The van der Waals surface area contributed by atoms with Crippen LogP contribution in [-0.2, 0) is 18.6 Å². The van der Waals surface area contributed by atoms with E-state index in [0.29, 0.717) is 25.3 Å². The van der Waals surface area contributed by atoms with Gasteiger partial charge in [-0.3, -0.25) is 4.79 Å². The lowest BCUT2D eigenvalue weighted by atomic mass is 9.87. The van der Waals surface area contributed by atoms with Crippen LogP contribution in [0.1, 0.15) is 60.3 Å². The summed E-state index contributed by atoms with van der Waals surface area (Å²) in [7, 11) is 0. The molecular formula is C28H33NO3. The zero-order valence-electron chi connectivity index (χ0n) is 19.7. The molecule has 1 amide bonds. The summed E-state index contributed by atoms with van der Waals surface area (Å²) in [5, 5.41) is 2.99. The molecule has 3 aromatic rings. The molecule has 0 fully saturated rings. The molecule has 168 valence electrons. The van der Waals surface area contributed by atoms with Gasteiger partial charge in [-0.2, -0.15) is 0 Å². The highest BCUT2D eigenvalue weighted by Gasteiger charge is 2.14. The van der Waals surface area contributed by atoms with Crippen molar-refractivity contribution in [2.24, 2.45) is 0 Å². The van der Waals surface area contributed by atoms with Gasteiger partial charge in [-0.05, 0) is 60.7 Å². The van der Waals surface area contributed by atoms with E-state index < -0.39 is 0 Å². The standard InChI is InChI=1S/C28H33NO3/c1-6-31-26-16-11-22(27(30)29-18-21-9-7-20(2)8-10-21)17-23(26)19-32-25-14-12-24(13-15-25)28(3,4)5/h7-17H,6,18-19H2,1-5H3,(H,29,30). The van der Waals surface area contributed by atoms with Gasteiger partial charge in [0.2, 0.25) is 0 Å². The van der Waals surface area contributed by atoms with Gasteiger partial charge < -0.3 is 14.8 Å². The molecule has 0 saturated heterocycles. The number of rotatable bonds is 8. The van der Waals surface area contributed by atoms with Gasteiger partial charge in [-0.25, -0.2) is 0 Å². The zero-order chi connectivity index (χ0) is 23.1. The molecule has 3 aromatic carbocycles. The average Bonchev–Trinajstić information content (AvgIpc) is 2.77. The number of carbonyl (C=O) groups is 1. The molecule has 0 unspecified atom stereocenters. The molecule has 0 aliphatic rings. The molecule has 0 aliphatic carbocycles. The van der Waals surface area contributed by atoms with Crippen LogP contribution in [0.3, 0.4) is 0 Å². The highest BCUT2D eigenvalue weighted by Crippen LogP contribution is 2.26. The summed E-state index contributed by atoms with van der Waals surface area (Å²) in [6, 6.07) is 21.8. The molecule has 1 N–H and O–H groups in total. The fourth-order valence-electron chi connectivity index (χ4n) is 3.33. The van der Waals surface area contributed by atoms with Crippen LogP contribution in [0.4, 0.5) is 0 Å². The van der Waals surface area contributed by atoms with Crippen LogP contribution in [0.15, 0.2) is 66.7 Å². The smallest absolute Gasteiger partial charge is 0.251 e. The second-order valence-corrected chi connectivity index (χ2v) is 8.99. The Morgan fingerprint density at radius 1 is 0.906 bits per heavy atom. The molecule has 0 aromatic heterocycles. The lowest BCUT2D eigenvalue weighted by Gasteiger charge is -2.19. The Hall–Kier alpha value is -3.27. The molecule has 32 heavy (non-hydrogen) atoms. The molecule has 0 spiro atoms. The molecule has 0 heterocycles. The highest BCUT2D eigenvalue weighted by atomic mass is 16.5. The maximum atomic E-state index is 12.7. The molecule has 0 aliphatic heterocycles. The highest BCUT2D eigenvalue weighted by molar-refractivity contribution is 5.94. The first-order valence-electron chi connectivity index (χ1n) is 11.1. The van der Waals surface area contributed by atoms with E-state index in [1.807, 2.05) is 62.4 Å². The molecule has 3 rings (SSSR count). The second kappa shape index (κ2) is 10.4. The molecule has 4 nitrogen and oxygen atoms in total. The van der Waals surface area contributed by atoms with Crippen molar-refractivity contribution in [2.75, 3.05) is 6.61 Å². The van der Waals surface area contributed by atoms with Gasteiger partial charge in [0.25, 0.3) is 5.91 Å². The fraction of sp³-hybridized carbons (Fsp3) is 0.321.